The molecule has 3 heterocycles. The largest absolute Gasteiger partial charge is 0.496 e. The summed E-state index contributed by atoms with van der Waals surface area (Å²) in [4.78, 5) is 20.1. The number of para-hydroxylation sites is 1. The fraction of sp³-hybridized carbons (Fsp3) is 0.200. The van der Waals surface area contributed by atoms with Crippen LogP contribution >= 0.6 is 11.3 Å². The van der Waals surface area contributed by atoms with Crippen LogP contribution in [0.3, 0.4) is 0 Å². The highest BCUT2D eigenvalue weighted by molar-refractivity contribution is 7.07. The van der Waals surface area contributed by atoms with Crippen molar-refractivity contribution in [3.05, 3.63) is 143 Å². The lowest BCUT2D eigenvalue weighted by molar-refractivity contribution is 0.402. The van der Waals surface area contributed by atoms with Crippen molar-refractivity contribution in [2.45, 2.75) is 39.7 Å². The van der Waals surface area contributed by atoms with Crippen molar-refractivity contribution < 1.29 is 4.74 Å². The minimum atomic E-state index is -0.270. The second kappa shape index (κ2) is 9.89. The Hall–Kier alpha value is -4.42. The third kappa shape index (κ3) is 4.13. The molecule has 0 bridgehead atoms. The maximum atomic E-state index is 14.2. The van der Waals surface area contributed by atoms with Crippen molar-refractivity contribution in [1.29, 1.82) is 0 Å². The van der Waals surface area contributed by atoms with E-state index in [1.807, 2.05) is 28.8 Å². The van der Waals surface area contributed by atoms with Crippen molar-refractivity contribution in [3.63, 3.8) is 0 Å². The van der Waals surface area contributed by atoms with Gasteiger partial charge in [-0.15, -0.1) is 0 Å². The van der Waals surface area contributed by atoms with Gasteiger partial charge in [0.15, 0.2) is 4.80 Å². The molecule has 5 nitrogen and oxygen atoms in total. The van der Waals surface area contributed by atoms with Crippen LogP contribution in [0.4, 0.5) is 0 Å². The number of aryl methyl sites for hydroxylation is 3. The normalized spacial score (nSPS) is 16.2. The maximum Gasteiger partial charge on any atom is 0.271 e. The van der Waals surface area contributed by atoms with Crippen molar-refractivity contribution in [2.75, 3.05) is 7.11 Å². The molecule has 0 amide bonds. The number of ether oxygens (including phenoxy) is 1. The minimum Gasteiger partial charge on any atom is -0.496 e. The smallest absolute Gasteiger partial charge is 0.271 e. The van der Waals surface area contributed by atoms with Crippen LogP contribution in [0, 0.1) is 20.8 Å². The molecule has 204 valence electrons. The highest BCUT2D eigenvalue weighted by Crippen LogP contribution is 2.43. The van der Waals surface area contributed by atoms with Crippen LogP contribution < -0.4 is 19.6 Å². The fourth-order valence-corrected chi connectivity index (χ4v) is 7.35. The molecule has 0 radical (unpaired) electrons. The Balaban J connectivity index is 1.45. The van der Waals surface area contributed by atoms with E-state index in [2.05, 4.69) is 86.0 Å². The highest BCUT2D eigenvalue weighted by Gasteiger charge is 2.34. The summed E-state index contributed by atoms with van der Waals surface area (Å²) in [7, 11) is 1.69. The van der Waals surface area contributed by atoms with E-state index < -0.39 is 0 Å². The molecule has 0 saturated carbocycles. The minimum absolute atomic E-state index is 0.0183. The average molecular weight is 558 g/mol. The number of allylic oxidation sites excluding steroid dienone is 1. The summed E-state index contributed by atoms with van der Waals surface area (Å²) in [5.41, 5.74) is 11.2. The van der Waals surface area contributed by atoms with Crippen LogP contribution in [0.15, 0.2) is 94.2 Å². The molecule has 7 rings (SSSR count). The second-order valence-corrected chi connectivity index (χ2v) is 11.9. The summed E-state index contributed by atoms with van der Waals surface area (Å²) in [5.74, 6) is 0.779. The van der Waals surface area contributed by atoms with Crippen molar-refractivity contribution >= 4 is 23.1 Å². The van der Waals surface area contributed by atoms with Gasteiger partial charge < -0.3 is 9.30 Å². The van der Waals surface area contributed by atoms with E-state index in [-0.39, 0.29) is 11.6 Å². The molecule has 2 aromatic heterocycles. The first-order chi connectivity index (χ1) is 19.9. The molecule has 0 saturated heterocycles. The van der Waals surface area contributed by atoms with Crippen LogP contribution in [0.2, 0.25) is 0 Å². The summed E-state index contributed by atoms with van der Waals surface area (Å²) < 4.78 is 10.6. The second-order valence-electron chi connectivity index (χ2n) is 10.9. The molecule has 0 spiro atoms. The Morgan fingerprint density at radius 3 is 2.51 bits per heavy atom. The predicted octanol–water partition coefficient (Wildman–Crippen LogP) is 6.04. The lowest BCUT2D eigenvalue weighted by Gasteiger charge is -2.31. The number of rotatable bonds is 4. The third-order valence-electron chi connectivity index (χ3n) is 8.36. The van der Waals surface area contributed by atoms with E-state index in [1.165, 1.54) is 28.0 Å². The molecule has 41 heavy (non-hydrogen) atoms. The number of nitrogens with zero attached hydrogens (tertiary/aromatic N) is 3. The molecule has 1 atom stereocenters. The first-order valence-corrected chi connectivity index (χ1v) is 14.8. The number of benzene rings is 3. The number of fused-ring (bicyclic) bond motifs is 3. The van der Waals surface area contributed by atoms with Gasteiger partial charge in [-0.25, -0.2) is 4.99 Å². The lowest BCUT2D eigenvalue weighted by Crippen LogP contribution is -2.39. The van der Waals surface area contributed by atoms with Gasteiger partial charge in [0.1, 0.15) is 5.75 Å². The SMILES string of the molecule is COc1ccccc1[C@@H]1C2=C(N=c3s/c(=C/c4cc(C)n(-c5ccc(C)cc5)c4C)c(=O)n31)c1ccccc1CC2. The zero-order chi connectivity index (χ0) is 28.2. The first-order valence-electron chi connectivity index (χ1n) is 14.0. The third-order valence-corrected chi connectivity index (χ3v) is 9.34. The Bertz CT molecular complexity index is 2040. The molecule has 2 aliphatic rings. The Morgan fingerprint density at radius 2 is 1.71 bits per heavy atom. The summed E-state index contributed by atoms with van der Waals surface area (Å²) in [5, 5.41) is 0. The summed E-state index contributed by atoms with van der Waals surface area (Å²) in [6.07, 6.45) is 3.80. The summed E-state index contributed by atoms with van der Waals surface area (Å²) in [6, 6.07) is 27.0. The summed E-state index contributed by atoms with van der Waals surface area (Å²) in [6.45, 7) is 6.32. The van der Waals surface area contributed by atoms with Gasteiger partial charge in [0.05, 0.1) is 23.4 Å². The molecule has 1 aliphatic heterocycles. The van der Waals surface area contributed by atoms with Crippen molar-refractivity contribution in [2.24, 2.45) is 4.99 Å². The van der Waals surface area contributed by atoms with Crippen LogP contribution in [0.1, 0.15) is 51.7 Å². The number of hydrogen-bond acceptors (Lipinski definition) is 4. The molecular formula is C35H31N3O2S. The maximum absolute atomic E-state index is 14.2. The zero-order valence-electron chi connectivity index (χ0n) is 23.6. The van der Waals surface area contributed by atoms with E-state index in [4.69, 9.17) is 9.73 Å². The van der Waals surface area contributed by atoms with E-state index in [0.29, 0.717) is 4.53 Å². The van der Waals surface area contributed by atoms with Crippen LogP contribution in [-0.4, -0.2) is 16.2 Å². The topological polar surface area (TPSA) is 48.5 Å². The Labute approximate surface area is 243 Å². The van der Waals surface area contributed by atoms with Gasteiger partial charge in [-0.3, -0.25) is 9.36 Å². The van der Waals surface area contributed by atoms with E-state index in [9.17, 15) is 4.79 Å². The van der Waals surface area contributed by atoms with Gasteiger partial charge in [-0.1, -0.05) is 71.5 Å². The Kier molecular flexibility index (Phi) is 6.16. The van der Waals surface area contributed by atoms with Crippen LogP contribution in [0.5, 0.6) is 5.75 Å². The van der Waals surface area contributed by atoms with E-state index in [0.717, 1.165) is 62.9 Å². The van der Waals surface area contributed by atoms with Crippen molar-refractivity contribution in [1.82, 2.24) is 9.13 Å². The Morgan fingerprint density at radius 1 is 0.951 bits per heavy atom. The molecule has 0 unspecified atom stereocenters. The van der Waals surface area contributed by atoms with Gasteiger partial charge >= 0.3 is 0 Å². The fourth-order valence-electron chi connectivity index (χ4n) is 6.36. The van der Waals surface area contributed by atoms with Gasteiger partial charge in [-0.2, -0.15) is 0 Å². The van der Waals surface area contributed by atoms with Crippen LogP contribution in [0.25, 0.3) is 17.5 Å². The lowest BCUT2D eigenvalue weighted by atomic mass is 9.83. The average Bonchev–Trinajstić information content (AvgIpc) is 3.45. The molecule has 3 aromatic carbocycles. The van der Waals surface area contributed by atoms with Gasteiger partial charge in [-0.05, 0) is 80.7 Å². The first kappa shape index (κ1) is 25.5. The van der Waals surface area contributed by atoms with E-state index in [1.54, 1.807) is 7.11 Å². The number of thiazole rings is 1. The van der Waals surface area contributed by atoms with Gasteiger partial charge in [0.25, 0.3) is 5.56 Å². The van der Waals surface area contributed by atoms with Crippen molar-refractivity contribution in [3.8, 4) is 11.4 Å². The molecule has 1 aliphatic carbocycles. The highest BCUT2D eigenvalue weighted by atomic mass is 32.1. The molecule has 0 N–H and O–H groups in total. The molecular weight excluding hydrogens is 526 g/mol. The van der Waals surface area contributed by atoms with Gasteiger partial charge in [0.2, 0.25) is 0 Å². The molecule has 6 heteroatoms. The van der Waals surface area contributed by atoms with E-state index >= 15 is 0 Å². The number of hydrogen-bond donors (Lipinski definition) is 0. The molecule has 0 fully saturated rings. The standard InChI is InChI=1S/C35H31N3O2S/c1-21-13-16-26(17-14-21)37-22(2)19-25(23(37)3)20-31-34(39)38-33(28-11-7-8-12-30(28)40-4)29-18-15-24-9-5-6-10-27(24)32(29)36-35(38)41-31/h5-14,16-17,19-20,33H,15,18H2,1-4H3/b31-20+/t33-/m1/s1. The zero-order valence-corrected chi connectivity index (χ0v) is 24.5. The van der Waals surface area contributed by atoms with Gasteiger partial charge in [0, 0.05) is 28.2 Å². The summed E-state index contributed by atoms with van der Waals surface area (Å²) >= 11 is 1.46. The predicted molar refractivity (Wildman–Crippen MR) is 166 cm³/mol. The molecule has 5 aromatic rings. The monoisotopic (exact) mass is 557 g/mol. The number of methoxy groups -OCH3 is 1. The quantitative estimate of drug-likeness (QED) is 0.270. The van der Waals surface area contributed by atoms with Crippen LogP contribution in [-0.2, 0) is 6.42 Å². The number of aromatic nitrogens is 2.